The van der Waals surface area contributed by atoms with Crippen LogP contribution in [0, 0.1) is 11.6 Å². The van der Waals surface area contributed by atoms with E-state index in [-0.39, 0.29) is 36.7 Å². The molecule has 3 rings (SSSR count). The number of para-hydroxylation sites is 2. The van der Waals surface area contributed by atoms with Gasteiger partial charge in [-0.3, -0.25) is 19.0 Å². The predicted octanol–water partition coefficient (Wildman–Crippen LogP) is 2.38. The number of amides is 2. The predicted molar refractivity (Wildman–Crippen MR) is 108 cm³/mol. The lowest BCUT2D eigenvalue weighted by atomic mass is 10.2. The van der Waals surface area contributed by atoms with Crippen LogP contribution in [0.25, 0.3) is 11.0 Å². The lowest BCUT2D eigenvalue weighted by Gasteiger charge is -2.13. The van der Waals surface area contributed by atoms with Gasteiger partial charge in [0.2, 0.25) is 11.8 Å². The molecule has 0 spiro atoms. The van der Waals surface area contributed by atoms with Gasteiger partial charge in [-0.05, 0) is 31.2 Å². The summed E-state index contributed by atoms with van der Waals surface area (Å²) in [6.45, 7) is 1.93. The van der Waals surface area contributed by atoms with E-state index < -0.39 is 23.1 Å². The van der Waals surface area contributed by atoms with Crippen molar-refractivity contribution >= 4 is 28.5 Å². The summed E-state index contributed by atoms with van der Waals surface area (Å²) in [5.41, 5.74) is 0.703. The Balaban J connectivity index is 1.88. The van der Waals surface area contributed by atoms with Crippen LogP contribution in [0.5, 0.6) is 0 Å². The number of nitrogens with zero attached hydrogens (tertiary/aromatic N) is 2. The van der Waals surface area contributed by atoms with Crippen LogP contribution in [0.4, 0.5) is 14.5 Å². The molecule has 156 valence electrons. The third kappa shape index (κ3) is 4.86. The first kappa shape index (κ1) is 21.1. The molecule has 1 heterocycles. The Hall–Kier alpha value is -3.62. The number of anilines is 1. The van der Waals surface area contributed by atoms with Crippen molar-refractivity contribution in [2.24, 2.45) is 0 Å². The van der Waals surface area contributed by atoms with E-state index in [1.807, 2.05) is 0 Å². The number of hydrogen-bond donors (Lipinski definition) is 2. The normalized spacial score (nSPS) is 10.8. The molecule has 0 unspecified atom stereocenters. The van der Waals surface area contributed by atoms with Gasteiger partial charge in [-0.25, -0.2) is 13.8 Å². The lowest BCUT2D eigenvalue weighted by molar-refractivity contribution is -0.121. The van der Waals surface area contributed by atoms with Gasteiger partial charge in [0.1, 0.15) is 12.2 Å². The molecule has 2 aromatic carbocycles. The summed E-state index contributed by atoms with van der Waals surface area (Å²) >= 11 is 0. The fourth-order valence-corrected chi connectivity index (χ4v) is 3.00. The van der Waals surface area contributed by atoms with E-state index in [4.69, 9.17) is 0 Å². The van der Waals surface area contributed by atoms with Gasteiger partial charge in [0.25, 0.3) is 5.56 Å². The van der Waals surface area contributed by atoms with Crippen LogP contribution in [0.1, 0.15) is 19.0 Å². The van der Waals surface area contributed by atoms with Gasteiger partial charge < -0.3 is 10.6 Å². The molecule has 0 atom stereocenters. The Morgan fingerprint density at radius 1 is 1.07 bits per heavy atom. The van der Waals surface area contributed by atoms with E-state index >= 15 is 0 Å². The second kappa shape index (κ2) is 9.25. The maximum absolute atomic E-state index is 13.4. The van der Waals surface area contributed by atoms with Crippen LogP contribution in [-0.2, 0) is 22.6 Å². The van der Waals surface area contributed by atoms with Crippen LogP contribution in [0.2, 0.25) is 0 Å². The van der Waals surface area contributed by atoms with Crippen molar-refractivity contribution in [1.82, 2.24) is 14.9 Å². The van der Waals surface area contributed by atoms with Crippen LogP contribution in [0.3, 0.4) is 0 Å². The van der Waals surface area contributed by atoms with Crippen LogP contribution < -0.4 is 16.2 Å². The molecule has 0 aliphatic carbocycles. The van der Waals surface area contributed by atoms with Crippen molar-refractivity contribution in [2.45, 2.75) is 26.3 Å². The highest BCUT2D eigenvalue weighted by Crippen LogP contribution is 2.14. The van der Waals surface area contributed by atoms with E-state index in [0.29, 0.717) is 17.6 Å². The van der Waals surface area contributed by atoms with Crippen molar-refractivity contribution < 1.29 is 18.4 Å². The molecular formula is C21H20F2N4O3. The first-order valence-electron chi connectivity index (χ1n) is 9.39. The van der Waals surface area contributed by atoms with Gasteiger partial charge in [0.15, 0.2) is 11.6 Å². The standard InChI is InChI=1S/C21H20F2N4O3/c1-2-24-19(28)10-9-17-21(30)27(18-6-4-3-5-16(18)26-17)12-20(29)25-13-7-8-14(22)15(23)11-13/h3-8,11H,2,9-10,12H2,1H3,(H,24,28)(H,25,29). The van der Waals surface area contributed by atoms with E-state index in [1.165, 1.54) is 10.6 Å². The van der Waals surface area contributed by atoms with Gasteiger partial charge in [-0.1, -0.05) is 12.1 Å². The Bertz CT molecular complexity index is 1160. The van der Waals surface area contributed by atoms with Crippen molar-refractivity contribution in [1.29, 1.82) is 0 Å². The summed E-state index contributed by atoms with van der Waals surface area (Å²) in [4.78, 5) is 41.5. The molecule has 0 aliphatic rings. The van der Waals surface area contributed by atoms with E-state index in [1.54, 1.807) is 31.2 Å². The average molecular weight is 414 g/mol. The minimum atomic E-state index is -1.09. The number of carbonyl (C=O) groups excluding carboxylic acids is 2. The topological polar surface area (TPSA) is 93.1 Å². The number of hydrogen-bond acceptors (Lipinski definition) is 4. The fraction of sp³-hybridized carbons (Fsp3) is 0.238. The van der Waals surface area contributed by atoms with E-state index in [2.05, 4.69) is 15.6 Å². The summed E-state index contributed by atoms with van der Waals surface area (Å²) in [5.74, 6) is -2.91. The van der Waals surface area contributed by atoms with Gasteiger partial charge in [-0.15, -0.1) is 0 Å². The molecule has 9 heteroatoms. The molecule has 0 saturated heterocycles. The number of carbonyl (C=O) groups is 2. The van der Waals surface area contributed by atoms with E-state index in [0.717, 1.165) is 12.1 Å². The Morgan fingerprint density at radius 2 is 1.83 bits per heavy atom. The molecule has 0 bridgehead atoms. The van der Waals surface area contributed by atoms with Gasteiger partial charge >= 0.3 is 0 Å². The maximum Gasteiger partial charge on any atom is 0.273 e. The van der Waals surface area contributed by atoms with Gasteiger partial charge in [0, 0.05) is 31.1 Å². The number of aromatic nitrogens is 2. The Morgan fingerprint density at radius 3 is 2.57 bits per heavy atom. The SMILES string of the molecule is CCNC(=O)CCc1nc2ccccc2n(CC(=O)Nc2ccc(F)c(F)c2)c1=O. The monoisotopic (exact) mass is 414 g/mol. The Labute approximate surface area is 170 Å². The van der Waals surface area contributed by atoms with Gasteiger partial charge in [0.05, 0.1) is 11.0 Å². The highest BCUT2D eigenvalue weighted by molar-refractivity contribution is 5.91. The molecule has 7 nitrogen and oxygen atoms in total. The number of nitrogens with one attached hydrogen (secondary N) is 2. The summed E-state index contributed by atoms with van der Waals surface area (Å²) in [5, 5.41) is 5.10. The first-order chi connectivity index (χ1) is 14.4. The average Bonchev–Trinajstić information content (AvgIpc) is 2.72. The maximum atomic E-state index is 13.4. The minimum Gasteiger partial charge on any atom is -0.356 e. The number of halogens is 2. The molecule has 30 heavy (non-hydrogen) atoms. The first-order valence-corrected chi connectivity index (χ1v) is 9.39. The van der Waals surface area contributed by atoms with Crippen LogP contribution in [-0.4, -0.2) is 27.9 Å². The third-order valence-corrected chi connectivity index (χ3v) is 4.39. The molecule has 2 N–H and O–H groups in total. The number of rotatable bonds is 7. The second-order valence-electron chi connectivity index (χ2n) is 6.57. The number of aryl methyl sites for hydroxylation is 1. The smallest absolute Gasteiger partial charge is 0.273 e. The Kier molecular flexibility index (Phi) is 6.51. The largest absolute Gasteiger partial charge is 0.356 e. The highest BCUT2D eigenvalue weighted by atomic mass is 19.2. The molecule has 0 aliphatic heterocycles. The summed E-state index contributed by atoms with van der Waals surface area (Å²) in [7, 11) is 0. The van der Waals surface area contributed by atoms with Crippen molar-refractivity contribution in [3.8, 4) is 0 Å². The van der Waals surface area contributed by atoms with Crippen molar-refractivity contribution in [3.05, 3.63) is 70.1 Å². The zero-order chi connectivity index (χ0) is 21.7. The van der Waals surface area contributed by atoms with Crippen LogP contribution >= 0.6 is 0 Å². The zero-order valence-corrected chi connectivity index (χ0v) is 16.2. The molecule has 0 fully saturated rings. The summed E-state index contributed by atoms with van der Waals surface area (Å²) in [6.07, 6.45) is 0.218. The molecular weight excluding hydrogens is 394 g/mol. The van der Waals surface area contributed by atoms with Crippen LogP contribution in [0.15, 0.2) is 47.3 Å². The third-order valence-electron chi connectivity index (χ3n) is 4.39. The molecule has 0 saturated carbocycles. The number of fused-ring (bicyclic) bond motifs is 1. The lowest BCUT2D eigenvalue weighted by Crippen LogP contribution is -2.32. The minimum absolute atomic E-state index is 0.0711. The zero-order valence-electron chi connectivity index (χ0n) is 16.2. The molecule has 2 amide bonds. The quantitative estimate of drug-likeness (QED) is 0.621. The number of benzene rings is 2. The summed E-state index contributed by atoms with van der Waals surface area (Å²) < 4.78 is 27.7. The van der Waals surface area contributed by atoms with Gasteiger partial charge in [-0.2, -0.15) is 0 Å². The molecule has 3 aromatic rings. The second-order valence-corrected chi connectivity index (χ2v) is 6.57. The van der Waals surface area contributed by atoms with Crippen molar-refractivity contribution in [3.63, 3.8) is 0 Å². The highest BCUT2D eigenvalue weighted by Gasteiger charge is 2.15. The van der Waals surface area contributed by atoms with E-state index in [9.17, 15) is 23.2 Å². The summed E-state index contributed by atoms with van der Waals surface area (Å²) in [6, 6.07) is 9.80. The van der Waals surface area contributed by atoms with Crippen molar-refractivity contribution in [2.75, 3.05) is 11.9 Å². The molecule has 0 radical (unpaired) electrons. The molecule has 1 aromatic heterocycles. The fourth-order valence-electron chi connectivity index (χ4n) is 3.00.